The van der Waals surface area contributed by atoms with Crippen LogP contribution in [0.5, 0.6) is 0 Å². The number of benzene rings is 1. The van der Waals surface area contributed by atoms with Crippen molar-refractivity contribution in [1.82, 2.24) is 9.62 Å². The Morgan fingerprint density at radius 3 is 2.28 bits per heavy atom. The van der Waals surface area contributed by atoms with Gasteiger partial charge in [0, 0.05) is 6.04 Å². The van der Waals surface area contributed by atoms with Crippen LogP contribution in [-0.4, -0.2) is 57.4 Å². The SMILES string of the molecule is CC(C)[C@@H](C)NC(=O)C[NH+]1CCN(S(=O)(=O)c2ccc(F)cc2)CC1. The van der Waals surface area contributed by atoms with Gasteiger partial charge in [-0.25, -0.2) is 12.8 Å². The van der Waals surface area contributed by atoms with Crippen LogP contribution in [0.2, 0.25) is 0 Å². The zero-order valence-electron chi connectivity index (χ0n) is 15.0. The summed E-state index contributed by atoms with van der Waals surface area (Å²) < 4.78 is 39.5. The van der Waals surface area contributed by atoms with Gasteiger partial charge in [0.2, 0.25) is 10.0 Å². The van der Waals surface area contributed by atoms with Gasteiger partial charge in [0.15, 0.2) is 6.54 Å². The third-order valence-corrected chi connectivity index (χ3v) is 6.59. The number of halogens is 1. The van der Waals surface area contributed by atoms with E-state index in [9.17, 15) is 17.6 Å². The summed E-state index contributed by atoms with van der Waals surface area (Å²) in [5, 5.41) is 2.97. The second kappa shape index (κ2) is 8.25. The molecule has 0 radical (unpaired) electrons. The van der Waals surface area contributed by atoms with Crippen LogP contribution in [-0.2, 0) is 14.8 Å². The first-order valence-electron chi connectivity index (χ1n) is 8.59. The Balaban J connectivity index is 1.89. The molecule has 1 atom stereocenters. The van der Waals surface area contributed by atoms with Crippen LogP contribution in [0.15, 0.2) is 29.2 Å². The molecule has 0 spiro atoms. The fourth-order valence-electron chi connectivity index (χ4n) is 2.67. The molecule has 8 heteroatoms. The lowest BCUT2D eigenvalue weighted by Crippen LogP contribution is -3.15. The highest BCUT2D eigenvalue weighted by molar-refractivity contribution is 7.89. The maximum atomic E-state index is 13.0. The number of nitrogens with one attached hydrogen (secondary N) is 2. The van der Waals surface area contributed by atoms with E-state index in [0.29, 0.717) is 38.6 Å². The van der Waals surface area contributed by atoms with Gasteiger partial charge in [0.05, 0.1) is 31.1 Å². The molecule has 140 valence electrons. The molecule has 0 bridgehead atoms. The third kappa shape index (κ3) is 5.23. The standard InChI is InChI=1S/C17H26FN3O3S/c1-13(2)14(3)19-17(22)12-20-8-10-21(11-9-20)25(23,24)16-6-4-15(18)5-7-16/h4-7,13-14H,8-12H2,1-3H3,(H,19,22)/p+1/t14-/m1/s1. The fraction of sp³-hybridized carbons (Fsp3) is 0.588. The van der Waals surface area contributed by atoms with E-state index in [1.54, 1.807) is 0 Å². The Bertz CT molecular complexity index is 684. The van der Waals surface area contributed by atoms with Gasteiger partial charge in [0.1, 0.15) is 5.82 Å². The molecule has 1 aromatic rings. The maximum Gasteiger partial charge on any atom is 0.275 e. The van der Waals surface area contributed by atoms with Crippen molar-refractivity contribution in [3.63, 3.8) is 0 Å². The summed E-state index contributed by atoms with van der Waals surface area (Å²) in [6.45, 7) is 8.28. The van der Waals surface area contributed by atoms with E-state index >= 15 is 0 Å². The summed E-state index contributed by atoms with van der Waals surface area (Å²) in [7, 11) is -3.61. The number of sulfonamides is 1. The summed E-state index contributed by atoms with van der Waals surface area (Å²) in [6, 6.07) is 4.98. The van der Waals surface area contributed by atoms with Crippen molar-refractivity contribution in [1.29, 1.82) is 0 Å². The first-order chi connectivity index (χ1) is 11.7. The maximum absolute atomic E-state index is 13.0. The zero-order valence-corrected chi connectivity index (χ0v) is 15.8. The van der Waals surface area contributed by atoms with E-state index in [1.807, 2.05) is 6.92 Å². The molecule has 25 heavy (non-hydrogen) atoms. The largest absolute Gasteiger partial charge is 0.348 e. The molecule has 2 rings (SSSR count). The van der Waals surface area contributed by atoms with Crippen LogP contribution in [0.1, 0.15) is 20.8 Å². The van der Waals surface area contributed by atoms with Gasteiger partial charge in [-0.3, -0.25) is 4.79 Å². The molecule has 1 amide bonds. The lowest BCUT2D eigenvalue weighted by atomic mass is 10.1. The van der Waals surface area contributed by atoms with Crippen LogP contribution in [0.25, 0.3) is 0 Å². The van der Waals surface area contributed by atoms with Gasteiger partial charge in [-0.05, 0) is 37.1 Å². The van der Waals surface area contributed by atoms with Crippen LogP contribution in [0.4, 0.5) is 4.39 Å². The number of quaternary nitrogens is 1. The molecule has 1 aromatic carbocycles. The van der Waals surface area contributed by atoms with Crippen molar-refractivity contribution in [2.24, 2.45) is 5.92 Å². The fourth-order valence-corrected chi connectivity index (χ4v) is 4.12. The molecule has 1 aliphatic rings. The Morgan fingerprint density at radius 2 is 1.76 bits per heavy atom. The van der Waals surface area contributed by atoms with E-state index in [4.69, 9.17) is 0 Å². The first-order valence-corrected chi connectivity index (χ1v) is 10.0. The molecule has 0 unspecified atom stereocenters. The monoisotopic (exact) mass is 372 g/mol. The van der Waals surface area contributed by atoms with Gasteiger partial charge >= 0.3 is 0 Å². The number of hydrogen-bond donors (Lipinski definition) is 2. The summed E-state index contributed by atoms with van der Waals surface area (Å²) >= 11 is 0. The van der Waals surface area contributed by atoms with Crippen molar-refractivity contribution in [2.75, 3.05) is 32.7 Å². The first kappa shape index (κ1) is 19.8. The van der Waals surface area contributed by atoms with Crippen LogP contribution >= 0.6 is 0 Å². The highest BCUT2D eigenvalue weighted by atomic mass is 32.2. The van der Waals surface area contributed by atoms with E-state index in [0.717, 1.165) is 17.0 Å². The summed E-state index contributed by atoms with van der Waals surface area (Å²) in [5.74, 6) is -0.0995. The number of piperazine rings is 1. The average Bonchev–Trinajstić information content (AvgIpc) is 2.55. The second-order valence-electron chi connectivity index (χ2n) is 6.88. The molecule has 1 heterocycles. The quantitative estimate of drug-likeness (QED) is 0.731. The summed E-state index contributed by atoms with van der Waals surface area (Å²) in [4.78, 5) is 13.2. The molecule has 1 fully saturated rings. The number of nitrogens with zero attached hydrogens (tertiary/aromatic N) is 1. The third-order valence-electron chi connectivity index (χ3n) is 4.68. The average molecular weight is 372 g/mol. The number of carbonyl (C=O) groups excluding carboxylic acids is 1. The minimum Gasteiger partial charge on any atom is -0.348 e. The number of hydrogen-bond acceptors (Lipinski definition) is 3. The minimum absolute atomic E-state index is 0.00829. The van der Waals surface area contributed by atoms with Crippen LogP contribution in [0, 0.1) is 11.7 Å². The summed E-state index contributed by atoms with van der Waals surface area (Å²) in [6.07, 6.45) is 0. The van der Waals surface area contributed by atoms with Gasteiger partial charge in [-0.2, -0.15) is 4.31 Å². The molecular weight excluding hydrogens is 345 g/mol. The predicted octanol–water partition coefficient (Wildman–Crippen LogP) is -0.124. The van der Waals surface area contributed by atoms with Gasteiger partial charge < -0.3 is 10.2 Å². The Hall–Kier alpha value is -1.51. The van der Waals surface area contributed by atoms with Crippen LogP contribution < -0.4 is 10.2 Å². The smallest absolute Gasteiger partial charge is 0.275 e. The molecule has 1 saturated heterocycles. The predicted molar refractivity (Wildman–Crippen MR) is 93.2 cm³/mol. The van der Waals surface area contributed by atoms with E-state index in [1.165, 1.54) is 16.4 Å². The van der Waals surface area contributed by atoms with Crippen molar-refractivity contribution in [3.05, 3.63) is 30.1 Å². The molecule has 0 saturated carbocycles. The van der Waals surface area contributed by atoms with Crippen molar-refractivity contribution in [3.8, 4) is 0 Å². The lowest BCUT2D eigenvalue weighted by Gasteiger charge is -2.31. The normalized spacial score (nSPS) is 18.3. The molecule has 6 nitrogen and oxygen atoms in total. The topological polar surface area (TPSA) is 70.9 Å². The van der Waals surface area contributed by atoms with Gasteiger partial charge in [-0.15, -0.1) is 0 Å². The van der Waals surface area contributed by atoms with Crippen LogP contribution in [0.3, 0.4) is 0 Å². The molecule has 1 aliphatic heterocycles. The summed E-state index contributed by atoms with van der Waals surface area (Å²) in [5.41, 5.74) is 0. The lowest BCUT2D eigenvalue weighted by molar-refractivity contribution is -0.895. The highest BCUT2D eigenvalue weighted by Gasteiger charge is 2.31. The number of carbonyl (C=O) groups is 1. The van der Waals surface area contributed by atoms with Crippen molar-refractivity contribution >= 4 is 15.9 Å². The molecule has 2 N–H and O–H groups in total. The Kier molecular flexibility index (Phi) is 6.53. The number of rotatable bonds is 6. The highest BCUT2D eigenvalue weighted by Crippen LogP contribution is 2.15. The second-order valence-corrected chi connectivity index (χ2v) is 8.82. The van der Waals surface area contributed by atoms with Gasteiger partial charge in [-0.1, -0.05) is 13.8 Å². The van der Waals surface area contributed by atoms with Crippen molar-refractivity contribution in [2.45, 2.75) is 31.7 Å². The molecule has 0 aromatic heterocycles. The number of amides is 1. The molecular formula is C17H27FN3O3S+. The Labute approximate surface area is 149 Å². The van der Waals surface area contributed by atoms with E-state index in [2.05, 4.69) is 19.2 Å². The zero-order chi connectivity index (χ0) is 18.6. The van der Waals surface area contributed by atoms with Crippen molar-refractivity contribution < 1.29 is 22.5 Å². The molecule has 0 aliphatic carbocycles. The van der Waals surface area contributed by atoms with E-state index in [-0.39, 0.29) is 16.8 Å². The minimum atomic E-state index is -3.61. The Morgan fingerprint density at radius 1 is 1.20 bits per heavy atom. The van der Waals surface area contributed by atoms with Gasteiger partial charge in [0.25, 0.3) is 5.91 Å². The van der Waals surface area contributed by atoms with E-state index < -0.39 is 15.8 Å².